The van der Waals surface area contributed by atoms with E-state index in [-0.39, 0.29) is 11.6 Å². The van der Waals surface area contributed by atoms with E-state index in [1.54, 1.807) is 6.07 Å². The molecule has 1 unspecified atom stereocenters. The fourth-order valence-corrected chi connectivity index (χ4v) is 4.83. The van der Waals surface area contributed by atoms with Crippen LogP contribution in [0.25, 0.3) is 0 Å². The Morgan fingerprint density at radius 2 is 1.92 bits per heavy atom. The normalized spacial score (nSPS) is 32.2. The summed E-state index contributed by atoms with van der Waals surface area (Å²) in [5, 5.41) is 21.3. The van der Waals surface area contributed by atoms with Gasteiger partial charge in [-0.3, -0.25) is 10.1 Å². The Hall–Kier alpha value is -2.26. The number of benzene rings is 1. The maximum Gasteiger partial charge on any atom is 0.294 e. The van der Waals surface area contributed by atoms with Crippen molar-refractivity contribution >= 4 is 5.69 Å². The summed E-state index contributed by atoms with van der Waals surface area (Å²) in [6.07, 6.45) is 1.09. The van der Waals surface area contributed by atoms with Gasteiger partial charge in [0.05, 0.1) is 18.1 Å². The summed E-state index contributed by atoms with van der Waals surface area (Å²) in [7, 11) is 0. The van der Waals surface area contributed by atoms with Crippen molar-refractivity contribution in [3.63, 3.8) is 0 Å². The summed E-state index contributed by atoms with van der Waals surface area (Å²) in [5.74, 6) is -1.10. The van der Waals surface area contributed by atoms with E-state index in [0.717, 1.165) is 12.0 Å². The van der Waals surface area contributed by atoms with Crippen LogP contribution in [-0.4, -0.2) is 29.3 Å². The van der Waals surface area contributed by atoms with Crippen LogP contribution in [0.4, 0.5) is 5.69 Å². The van der Waals surface area contributed by atoms with Crippen molar-refractivity contribution in [1.82, 2.24) is 0 Å². The molecular weight excluding hydrogens is 332 g/mol. The molecule has 1 aromatic rings. The largest absolute Gasteiger partial charge is 0.343 e. The Morgan fingerprint density at radius 1 is 1.20 bits per heavy atom. The van der Waals surface area contributed by atoms with Gasteiger partial charge in [0.2, 0.25) is 0 Å². The lowest BCUT2D eigenvalue weighted by atomic mass is 9.63. The van der Waals surface area contributed by atoms with Crippen LogP contribution < -0.4 is 0 Å². The molecule has 0 amide bonds. The summed E-state index contributed by atoms with van der Waals surface area (Å²) in [5.41, 5.74) is 1.01. The monoisotopic (exact) mass is 350 g/mol. The molecule has 134 valence electrons. The lowest BCUT2D eigenvalue weighted by Gasteiger charge is -2.47. The van der Waals surface area contributed by atoms with Gasteiger partial charge in [-0.15, -0.1) is 10.1 Å². The zero-order chi connectivity index (χ0) is 17.8. The molecule has 2 fully saturated rings. The molecule has 1 saturated heterocycles. The third-order valence-electron chi connectivity index (χ3n) is 5.86. The molecule has 1 spiro atoms. The van der Waals surface area contributed by atoms with Gasteiger partial charge in [0.15, 0.2) is 5.79 Å². The minimum Gasteiger partial charge on any atom is -0.343 e. The number of nitro benzene ring substituents is 1. The molecule has 0 aromatic heterocycles. The van der Waals surface area contributed by atoms with E-state index in [1.807, 2.05) is 6.92 Å². The van der Waals surface area contributed by atoms with E-state index in [1.165, 1.54) is 12.1 Å². The molecule has 4 rings (SSSR count). The van der Waals surface area contributed by atoms with Crippen LogP contribution in [0.1, 0.15) is 43.2 Å². The first-order valence-corrected chi connectivity index (χ1v) is 8.24. The fourth-order valence-electron chi connectivity index (χ4n) is 4.83. The molecule has 1 saturated carbocycles. The number of hydrogen-bond donors (Lipinski definition) is 0. The number of non-ortho nitro benzene ring substituents is 1. The molecule has 25 heavy (non-hydrogen) atoms. The lowest BCUT2D eigenvalue weighted by Crippen LogP contribution is -2.47. The number of fused-ring (bicyclic) bond motifs is 4. The van der Waals surface area contributed by atoms with Crippen LogP contribution >= 0.6 is 0 Å². The van der Waals surface area contributed by atoms with Gasteiger partial charge >= 0.3 is 0 Å². The number of hydrogen-bond acceptors (Lipinski definition) is 7. The molecule has 2 aliphatic carbocycles. The molecule has 1 aliphatic heterocycles. The van der Waals surface area contributed by atoms with Gasteiger partial charge in [-0.2, -0.15) is 0 Å². The Morgan fingerprint density at radius 3 is 2.56 bits per heavy atom. The van der Waals surface area contributed by atoms with E-state index in [0.29, 0.717) is 31.6 Å². The molecule has 0 radical (unpaired) electrons. The Kier molecular flexibility index (Phi) is 3.48. The van der Waals surface area contributed by atoms with Crippen LogP contribution in [0.15, 0.2) is 18.2 Å². The van der Waals surface area contributed by atoms with Crippen molar-refractivity contribution in [2.45, 2.75) is 44.0 Å². The molecule has 3 atom stereocenters. The summed E-state index contributed by atoms with van der Waals surface area (Å²) < 4.78 is 11.8. The second-order valence-electron chi connectivity index (χ2n) is 7.11. The average Bonchev–Trinajstić information content (AvgIpc) is 3.13. The highest BCUT2D eigenvalue weighted by Crippen LogP contribution is 2.62. The van der Waals surface area contributed by atoms with Gasteiger partial charge < -0.3 is 14.3 Å². The second-order valence-corrected chi connectivity index (χ2v) is 7.11. The zero-order valence-electron chi connectivity index (χ0n) is 13.7. The molecule has 9 nitrogen and oxygen atoms in total. The smallest absolute Gasteiger partial charge is 0.294 e. The highest BCUT2D eigenvalue weighted by molar-refractivity contribution is 5.47. The first kappa shape index (κ1) is 16.2. The number of nitro groups is 1. The van der Waals surface area contributed by atoms with Gasteiger partial charge in [0, 0.05) is 29.5 Å². The second kappa shape index (κ2) is 5.37. The molecule has 0 N–H and O–H groups in total. The van der Waals surface area contributed by atoms with Crippen LogP contribution in [0.3, 0.4) is 0 Å². The molecule has 0 bridgehead atoms. The Bertz CT molecular complexity index is 746. The number of rotatable bonds is 3. The quantitative estimate of drug-likeness (QED) is 0.608. The number of nitrogens with zero attached hydrogens (tertiary/aromatic N) is 2. The molecule has 3 aliphatic rings. The van der Waals surface area contributed by atoms with Gasteiger partial charge in [0.25, 0.3) is 10.8 Å². The fraction of sp³-hybridized carbons (Fsp3) is 0.625. The minimum absolute atomic E-state index is 0.00618. The van der Waals surface area contributed by atoms with E-state index in [9.17, 15) is 20.2 Å². The summed E-state index contributed by atoms with van der Waals surface area (Å²) in [6.45, 7) is 2.71. The van der Waals surface area contributed by atoms with Crippen molar-refractivity contribution in [3.05, 3.63) is 49.6 Å². The standard InChI is InChI=1S/C16H18N2O7/c1-15-9-16(23-6-7-24-16)13-8-10(17(19)20)2-3-11(13)12(15)4-5-14(15)25-18(21)22/h2-3,8,12,14H,4-7,9H2,1H3/t12?,14-,15-/m0/s1. The average molecular weight is 350 g/mol. The highest BCUT2D eigenvalue weighted by Gasteiger charge is 2.60. The first-order chi connectivity index (χ1) is 11.9. The Balaban J connectivity index is 1.84. The third-order valence-corrected chi connectivity index (χ3v) is 5.86. The first-order valence-electron chi connectivity index (χ1n) is 8.24. The van der Waals surface area contributed by atoms with Crippen molar-refractivity contribution in [1.29, 1.82) is 0 Å². The third kappa shape index (κ3) is 2.30. The predicted octanol–water partition coefficient (Wildman–Crippen LogP) is 2.66. The number of ether oxygens (including phenoxy) is 2. The predicted molar refractivity (Wildman–Crippen MR) is 83.2 cm³/mol. The van der Waals surface area contributed by atoms with E-state index < -0.39 is 27.3 Å². The summed E-state index contributed by atoms with van der Waals surface area (Å²) in [4.78, 5) is 26.6. The molecule has 1 heterocycles. The van der Waals surface area contributed by atoms with Gasteiger partial charge in [0.1, 0.15) is 6.10 Å². The molecule has 9 heteroatoms. The van der Waals surface area contributed by atoms with Gasteiger partial charge in [-0.25, -0.2) is 0 Å². The van der Waals surface area contributed by atoms with Crippen LogP contribution in [0.5, 0.6) is 0 Å². The van der Waals surface area contributed by atoms with Crippen molar-refractivity contribution in [3.8, 4) is 0 Å². The van der Waals surface area contributed by atoms with Crippen LogP contribution in [-0.2, 0) is 20.1 Å². The van der Waals surface area contributed by atoms with Crippen LogP contribution in [0.2, 0.25) is 0 Å². The summed E-state index contributed by atoms with van der Waals surface area (Å²) in [6, 6.07) is 4.72. The maximum absolute atomic E-state index is 11.2. The Labute approximate surface area is 143 Å². The molecule has 1 aromatic carbocycles. The summed E-state index contributed by atoms with van der Waals surface area (Å²) >= 11 is 0. The topological polar surface area (TPSA) is 114 Å². The van der Waals surface area contributed by atoms with Crippen molar-refractivity contribution in [2.24, 2.45) is 5.41 Å². The minimum atomic E-state index is -1.10. The SMILES string of the molecule is C[C@]12CC3(OCCO3)c3cc([N+](=O)[O-])ccc3C1CC[C@@H]2O[N+](=O)[O-]. The zero-order valence-corrected chi connectivity index (χ0v) is 13.7. The van der Waals surface area contributed by atoms with E-state index >= 15 is 0 Å². The lowest BCUT2D eigenvalue weighted by molar-refractivity contribution is -0.772. The van der Waals surface area contributed by atoms with Crippen LogP contribution in [0, 0.1) is 25.6 Å². The van der Waals surface area contributed by atoms with E-state index in [2.05, 4.69) is 0 Å². The van der Waals surface area contributed by atoms with Crippen molar-refractivity contribution in [2.75, 3.05) is 13.2 Å². The molecular formula is C16H18N2O7. The highest BCUT2D eigenvalue weighted by atomic mass is 17.0. The maximum atomic E-state index is 11.2. The van der Waals surface area contributed by atoms with Gasteiger partial charge in [-0.1, -0.05) is 13.0 Å². The van der Waals surface area contributed by atoms with Gasteiger partial charge in [-0.05, 0) is 24.3 Å². The van der Waals surface area contributed by atoms with Crippen molar-refractivity contribution < 1.29 is 24.3 Å². The van der Waals surface area contributed by atoms with E-state index in [4.69, 9.17) is 14.3 Å².